The molecule has 3 rings (SSSR count). The zero-order valence-electron chi connectivity index (χ0n) is 17.2. The van der Waals surface area contributed by atoms with Crippen molar-refractivity contribution in [3.8, 4) is 11.8 Å². The van der Waals surface area contributed by atoms with Gasteiger partial charge in [-0.25, -0.2) is 0 Å². The van der Waals surface area contributed by atoms with E-state index in [9.17, 15) is 9.90 Å². The third kappa shape index (κ3) is 6.74. The molecule has 0 aromatic heterocycles. The van der Waals surface area contributed by atoms with Crippen molar-refractivity contribution in [1.82, 2.24) is 10.6 Å². The summed E-state index contributed by atoms with van der Waals surface area (Å²) < 4.78 is 0. The zero-order chi connectivity index (χ0) is 20.6. The summed E-state index contributed by atoms with van der Waals surface area (Å²) >= 11 is 0. The molecule has 0 saturated heterocycles. The van der Waals surface area contributed by atoms with E-state index in [-0.39, 0.29) is 11.9 Å². The Bertz CT molecular complexity index is 872. The van der Waals surface area contributed by atoms with Gasteiger partial charge in [-0.1, -0.05) is 42.9 Å². The normalized spacial score (nSPS) is 16.0. The topological polar surface area (TPSA) is 61.4 Å². The van der Waals surface area contributed by atoms with Gasteiger partial charge in [0.2, 0.25) is 0 Å². The van der Waals surface area contributed by atoms with Crippen molar-refractivity contribution < 1.29 is 9.90 Å². The fourth-order valence-corrected chi connectivity index (χ4v) is 3.77. The molecule has 152 valence electrons. The third-order valence-electron chi connectivity index (χ3n) is 5.19. The molecule has 0 radical (unpaired) electrons. The van der Waals surface area contributed by atoms with Gasteiger partial charge >= 0.3 is 0 Å². The van der Waals surface area contributed by atoms with E-state index >= 15 is 0 Å². The SMILES string of the molecule is CC(O)NC(C)Cc1ccc(C#Cc2cccc(C(=O)NC3CCCC3)c2)cc1. The minimum atomic E-state index is -0.508. The van der Waals surface area contributed by atoms with Crippen molar-refractivity contribution in [3.63, 3.8) is 0 Å². The van der Waals surface area contributed by atoms with E-state index in [1.807, 2.05) is 36.4 Å². The standard InChI is InChI=1S/C25H30N2O2/c1-18(26-19(2)28)16-22-14-11-20(12-15-22)10-13-21-6-5-7-23(17-21)25(29)27-24-8-3-4-9-24/h5-7,11-12,14-15,17-19,24,26,28H,3-4,8-9,16H2,1-2H3,(H,27,29). The Morgan fingerprint density at radius 2 is 1.76 bits per heavy atom. The average Bonchev–Trinajstić information content (AvgIpc) is 3.20. The Morgan fingerprint density at radius 3 is 2.45 bits per heavy atom. The lowest BCUT2D eigenvalue weighted by molar-refractivity contribution is 0.0937. The van der Waals surface area contributed by atoms with E-state index in [0.29, 0.717) is 11.6 Å². The van der Waals surface area contributed by atoms with Gasteiger partial charge in [0, 0.05) is 28.8 Å². The molecule has 0 aliphatic heterocycles. The summed E-state index contributed by atoms with van der Waals surface area (Å²) in [5.41, 5.74) is 3.63. The molecular formula is C25H30N2O2. The molecule has 4 nitrogen and oxygen atoms in total. The first-order chi connectivity index (χ1) is 14.0. The number of carbonyl (C=O) groups is 1. The Balaban J connectivity index is 1.61. The second-order valence-electron chi connectivity index (χ2n) is 7.93. The predicted octanol–water partition coefficient (Wildman–Crippen LogP) is 3.62. The number of nitrogens with one attached hydrogen (secondary N) is 2. The molecule has 3 N–H and O–H groups in total. The molecule has 0 bridgehead atoms. The van der Waals surface area contributed by atoms with E-state index in [1.54, 1.807) is 6.92 Å². The molecule has 1 aliphatic carbocycles. The van der Waals surface area contributed by atoms with Crippen LogP contribution in [-0.4, -0.2) is 29.3 Å². The van der Waals surface area contributed by atoms with Crippen LogP contribution in [0.25, 0.3) is 0 Å². The molecule has 1 amide bonds. The molecule has 2 aromatic carbocycles. The lowest BCUT2D eigenvalue weighted by atomic mass is 10.0. The van der Waals surface area contributed by atoms with Crippen molar-refractivity contribution in [1.29, 1.82) is 0 Å². The predicted molar refractivity (Wildman–Crippen MR) is 117 cm³/mol. The summed E-state index contributed by atoms with van der Waals surface area (Å²) in [4.78, 5) is 12.4. The third-order valence-corrected chi connectivity index (χ3v) is 5.19. The number of amides is 1. The summed E-state index contributed by atoms with van der Waals surface area (Å²) in [5, 5.41) is 15.6. The Kier molecular flexibility index (Phi) is 7.46. The maximum absolute atomic E-state index is 12.4. The van der Waals surface area contributed by atoms with Crippen LogP contribution in [0.4, 0.5) is 0 Å². The van der Waals surface area contributed by atoms with Crippen LogP contribution in [0.5, 0.6) is 0 Å². The summed E-state index contributed by atoms with van der Waals surface area (Å²) in [6, 6.07) is 16.2. The number of hydrogen-bond acceptors (Lipinski definition) is 3. The molecule has 1 saturated carbocycles. The highest BCUT2D eigenvalue weighted by molar-refractivity contribution is 5.94. The number of carbonyl (C=O) groups excluding carboxylic acids is 1. The molecule has 2 aromatic rings. The summed E-state index contributed by atoms with van der Waals surface area (Å²) in [6.07, 6.45) is 4.89. The molecular weight excluding hydrogens is 360 g/mol. The molecule has 1 aliphatic rings. The fraction of sp³-hybridized carbons (Fsp3) is 0.400. The van der Waals surface area contributed by atoms with Gasteiger partial charge in [0.15, 0.2) is 0 Å². The summed E-state index contributed by atoms with van der Waals surface area (Å²) in [7, 11) is 0. The van der Waals surface area contributed by atoms with Crippen molar-refractivity contribution >= 4 is 5.91 Å². The highest BCUT2D eigenvalue weighted by atomic mass is 16.3. The van der Waals surface area contributed by atoms with Gasteiger partial charge in [-0.3, -0.25) is 10.1 Å². The molecule has 4 heteroatoms. The van der Waals surface area contributed by atoms with Gasteiger partial charge < -0.3 is 10.4 Å². The maximum atomic E-state index is 12.4. The number of rotatable bonds is 6. The second-order valence-corrected chi connectivity index (χ2v) is 7.93. The number of aliphatic hydroxyl groups is 1. The van der Waals surface area contributed by atoms with E-state index < -0.39 is 6.23 Å². The number of hydrogen-bond donors (Lipinski definition) is 3. The van der Waals surface area contributed by atoms with Crippen molar-refractivity contribution in [3.05, 3.63) is 70.8 Å². The van der Waals surface area contributed by atoms with Crippen molar-refractivity contribution in [2.24, 2.45) is 0 Å². The summed E-state index contributed by atoms with van der Waals surface area (Å²) in [5.74, 6) is 6.33. The Hall–Kier alpha value is -2.61. The minimum absolute atomic E-state index is 0.00942. The Morgan fingerprint density at radius 1 is 1.07 bits per heavy atom. The van der Waals surface area contributed by atoms with E-state index in [0.717, 1.165) is 30.4 Å². The molecule has 0 heterocycles. The first-order valence-corrected chi connectivity index (χ1v) is 10.5. The highest BCUT2D eigenvalue weighted by Gasteiger charge is 2.17. The van der Waals surface area contributed by atoms with E-state index in [2.05, 4.69) is 41.5 Å². The lowest BCUT2D eigenvalue weighted by Gasteiger charge is -2.15. The van der Waals surface area contributed by atoms with Crippen LogP contribution in [0, 0.1) is 11.8 Å². The second kappa shape index (κ2) is 10.2. The quantitative estimate of drug-likeness (QED) is 0.522. The maximum Gasteiger partial charge on any atom is 0.251 e. The van der Waals surface area contributed by atoms with Crippen molar-refractivity contribution in [2.75, 3.05) is 0 Å². The molecule has 29 heavy (non-hydrogen) atoms. The number of benzene rings is 2. The van der Waals surface area contributed by atoms with E-state index in [1.165, 1.54) is 18.4 Å². The van der Waals surface area contributed by atoms with Crippen LogP contribution < -0.4 is 10.6 Å². The van der Waals surface area contributed by atoms with Gasteiger partial charge in [-0.15, -0.1) is 0 Å². The van der Waals surface area contributed by atoms with Crippen LogP contribution in [0.15, 0.2) is 48.5 Å². The molecule has 0 spiro atoms. The molecule has 1 fully saturated rings. The fourth-order valence-electron chi connectivity index (χ4n) is 3.77. The number of aliphatic hydroxyl groups excluding tert-OH is 1. The van der Waals surface area contributed by atoms with Gasteiger partial charge in [-0.2, -0.15) is 0 Å². The van der Waals surface area contributed by atoms with Gasteiger partial charge in [0.05, 0.1) is 0 Å². The first-order valence-electron chi connectivity index (χ1n) is 10.5. The Labute approximate surface area is 173 Å². The summed E-state index contributed by atoms with van der Waals surface area (Å²) in [6.45, 7) is 3.78. The highest BCUT2D eigenvalue weighted by Crippen LogP contribution is 2.18. The minimum Gasteiger partial charge on any atom is -0.379 e. The van der Waals surface area contributed by atoms with Crippen molar-refractivity contribution in [2.45, 2.75) is 64.3 Å². The molecule has 2 unspecified atom stereocenters. The van der Waals surface area contributed by atoms with Gasteiger partial charge in [-0.05, 0) is 69.0 Å². The van der Waals surface area contributed by atoms with Crippen LogP contribution in [0.2, 0.25) is 0 Å². The van der Waals surface area contributed by atoms with Crippen LogP contribution >= 0.6 is 0 Å². The van der Waals surface area contributed by atoms with E-state index in [4.69, 9.17) is 0 Å². The van der Waals surface area contributed by atoms with Crippen LogP contribution in [-0.2, 0) is 6.42 Å². The van der Waals surface area contributed by atoms with Gasteiger partial charge in [0.25, 0.3) is 5.91 Å². The molecule has 2 atom stereocenters. The smallest absolute Gasteiger partial charge is 0.251 e. The van der Waals surface area contributed by atoms with Gasteiger partial charge in [0.1, 0.15) is 6.23 Å². The van der Waals surface area contributed by atoms with Crippen LogP contribution in [0.1, 0.15) is 66.6 Å². The van der Waals surface area contributed by atoms with Crippen LogP contribution in [0.3, 0.4) is 0 Å². The lowest BCUT2D eigenvalue weighted by Crippen LogP contribution is -2.35. The largest absolute Gasteiger partial charge is 0.379 e. The average molecular weight is 391 g/mol. The zero-order valence-corrected chi connectivity index (χ0v) is 17.2. The first kappa shape index (κ1) is 21.1. The monoisotopic (exact) mass is 390 g/mol.